The van der Waals surface area contributed by atoms with Crippen LogP contribution in [0.1, 0.15) is 54.1 Å². The molecule has 3 aromatic rings. The standard InChI is InChI=1S/C24H28N4S/c1-15(2)27-23(22(26-24(27)29)20-11-8-9-13-25-20)19-14-17(4)28(18(19)5)21-12-7-6-10-16(21)3/h6-15,22-23H,1-5H3,(H,26,29)/t22-,23-/m1/s1. The summed E-state index contributed by atoms with van der Waals surface area (Å²) in [4.78, 5) is 6.96. The van der Waals surface area contributed by atoms with Gasteiger partial charge in [0.1, 0.15) is 0 Å². The highest BCUT2D eigenvalue weighted by molar-refractivity contribution is 7.80. The van der Waals surface area contributed by atoms with Crippen LogP contribution in [-0.2, 0) is 0 Å². The van der Waals surface area contributed by atoms with Crippen molar-refractivity contribution in [3.8, 4) is 5.69 Å². The molecule has 1 aliphatic rings. The number of aryl methyl sites for hydroxylation is 2. The molecule has 0 amide bonds. The van der Waals surface area contributed by atoms with E-state index in [9.17, 15) is 0 Å². The predicted octanol–water partition coefficient (Wildman–Crippen LogP) is 5.18. The lowest BCUT2D eigenvalue weighted by molar-refractivity contribution is 0.269. The Hall–Kier alpha value is -2.66. The second kappa shape index (κ2) is 7.64. The van der Waals surface area contributed by atoms with Gasteiger partial charge >= 0.3 is 0 Å². The minimum Gasteiger partial charge on any atom is -0.352 e. The maximum atomic E-state index is 5.75. The van der Waals surface area contributed by atoms with Gasteiger partial charge in [-0.05, 0) is 82.2 Å². The summed E-state index contributed by atoms with van der Waals surface area (Å²) in [7, 11) is 0. The third-order valence-corrected chi connectivity index (χ3v) is 6.17. The number of benzene rings is 1. The van der Waals surface area contributed by atoms with Gasteiger partial charge in [0.2, 0.25) is 0 Å². The smallest absolute Gasteiger partial charge is 0.170 e. The fraction of sp³-hybridized carbons (Fsp3) is 0.333. The highest BCUT2D eigenvalue weighted by atomic mass is 32.1. The number of thiocarbonyl (C=S) groups is 1. The predicted molar refractivity (Wildman–Crippen MR) is 122 cm³/mol. The van der Waals surface area contributed by atoms with E-state index in [0.29, 0.717) is 0 Å². The van der Waals surface area contributed by atoms with Crippen molar-refractivity contribution in [3.05, 3.63) is 82.9 Å². The molecule has 1 fully saturated rings. The molecule has 0 spiro atoms. The summed E-state index contributed by atoms with van der Waals surface area (Å²) < 4.78 is 2.36. The maximum Gasteiger partial charge on any atom is 0.170 e. The Kier molecular flexibility index (Phi) is 5.17. The molecule has 1 aromatic carbocycles. The first-order valence-corrected chi connectivity index (χ1v) is 10.6. The zero-order chi connectivity index (χ0) is 20.7. The quantitative estimate of drug-likeness (QED) is 0.608. The van der Waals surface area contributed by atoms with Crippen molar-refractivity contribution in [1.29, 1.82) is 0 Å². The molecule has 4 nitrogen and oxygen atoms in total. The topological polar surface area (TPSA) is 33.1 Å². The third kappa shape index (κ3) is 3.33. The van der Waals surface area contributed by atoms with E-state index in [2.05, 4.69) is 90.8 Å². The molecule has 0 saturated carbocycles. The summed E-state index contributed by atoms with van der Waals surface area (Å²) in [5.41, 5.74) is 7.29. The van der Waals surface area contributed by atoms with Crippen LogP contribution < -0.4 is 5.32 Å². The van der Waals surface area contributed by atoms with Gasteiger partial charge in [0, 0.05) is 29.3 Å². The van der Waals surface area contributed by atoms with E-state index in [1.165, 1.54) is 28.2 Å². The van der Waals surface area contributed by atoms with Crippen LogP contribution in [0.3, 0.4) is 0 Å². The number of hydrogen-bond donors (Lipinski definition) is 1. The highest BCUT2D eigenvalue weighted by Crippen LogP contribution is 2.42. The number of nitrogens with zero attached hydrogens (tertiary/aromatic N) is 3. The number of nitrogens with one attached hydrogen (secondary N) is 1. The van der Waals surface area contributed by atoms with E-state index in [1.807, 2.05) is 18.3 Å². The number of rotatable bonds is 4. The van der Waals surface area contributed by atoms with Gasteiger partial charge in [0.15, 0.2) is 5.11 Å². The van der Waals surface area contributed by atoms with Crippen LogP contribution >= 0.6 is 12.2 Å². The van der Waals surface area contributed by atoms with Crippen molar-refractivity contribution >= 4 is 17.3 Å². The minimum atomic E-state index is 0.0249. The van der Waals surface area contributed by atoms with Crippen LogP contribution in [0.15, 0.2) is 54.7 Å². The minimum absolute atomic E-state index is 0.0249. The Bertz CT molecular complexity index is 1040. The average molecular weight is 405 g/mol. The third-order valence-electron chi connectivity index (χ3n) is 5.84. The van der Waals surface area contributed by atoms with Gasteiger partial charge in [0.25, 0.3) is 0 Å². The van der Waals surface area contributed by atoms with Gasteiger partial charge in [-0.1, -0.05) is 24.3 Å². The van der Waals surface area contributed by atoms with E-state index in [1.54, 1.807) is 0 Å². The molecule has 2 atom stereocenters. The zero-order valence-corrected chi connectivity index (χ0v) is 18.5. The molecule has 1 aliphatic heterocycles. The number of hydrogen-bond acceptors (Lipinski definition) is 2. The van der Waals surface area contributed by atoms with Crippen LogP contribution in [0, 0.1) is 20.8 Å². The zero-order valence-electron chi connectivity index (χ0n) is 17.7. The molecule has 3 heterocycles. The van der Waals surface area contributed by atoms with E-state index >= 15 is 0 Å². The fourth-order valence-electron chi connectivity index (χ4n) is 4.53. The molecule has 1 saturated heterocycles. The molecule has 0 unspecified atom stereocenters. The van der Waals surface area contributed by atoms with E-state index in [4.69, 9.17) is 12.2 Å². The van der Waals surface area contributed by atoms with Gasteiger partial charge < -0.3 is 14.8 Å². The largest absolute Gasteiger partial charge is 0.352 e. The summed E-state index contributed by atoms with van der Waals surface area (Å²) in [6, 6.07) is 17.3. The van der Waals surface area contributed by atoms with Gasteiger partial charge in [-0.15, -0.1) is 0 Å². The van der Waals surface area contributed by atoms with Crippen molar-refractivity contribution in [2.24, 2.45) is 0 Å². The molecule has 4 rings (SSSR count). The van der Waals surface area contributed by atoms with Crippen LogP contribution in [0.25, 0.3) is 5.69 Å². The van der Waals surface area contributed by atoms with Crippen LogP contribution in [0.4, 0.5) is 0 Å². The first-order chi connectivity index (χ1) is 13.9. The monoisotopic (exact) mass is 404 g/mol. The SMILES string of the molecule is Cc1ccccc1-n1c(C)cc([C@@H]2[C@@H](c3ccccn3)NC(=S)N2C(C)C)c1C. The first kappa shape index (κ1) is 19.6. The van der Waals surface area contributed by atoms with Gasteiger partial charge in [-0.3, -0.25) is 4.98 Å². The van der Waals surface area contributed by atoms with E-state index in [-0.39, 0.29) is 18.1 Å². The van der Waals surface area contributed by atoms with Crippen molar-refractivity contribution < 1.29 is 0 Å². The van der Waals surface area contributed by atoms with Crippen molar-refractivity contribution in [2.45, 2.75) is 52.7 Å². The molecular formula is C24H28N4S. The summed E-state index contributed by atoms with van der Waals surface area (Å²) in [6.45, 7) is 10.9. The first-order valence-electron chi connectivity index (χ1n) is 10.1. The molecule has 0 aliphatic carbocycles. The van der Waals surface area contributed by atoms with E-state index < -0.39 is 0 Å². The van der Waals surface area contributed by atoms with Crippen LogP contribution in [0.2, 0.25) is 0 Å². The Morgan fingerprint density at radius 2 is 1.76 bits per heavy atom. The molecule has 0 bridgehead atoms. The molecule has 2 aromatic heterocycles. The van der Waals surface area contributed by atoms with Gasteiger partial charge in [-0.25, -0.2) is 0 Å². The van der Waals surface area contributed by atoms with Crippen LogP contribution in [-0.4, -0.2) is 25.6 Å². The van der Waals surface area contributed by atoms with Crippen LogP contribution in [0.5, 0.6) is 0 Å². The molecule has 150 valence electrons. The van der Waals surface area contributed by atoms with Crippen molar-refractivity contribution in [2.75, 3.05) is 0 Å². The maximum absolute atomic E-state index is 5.75. The number of pyridine rings is 1. The number of para-hydroxylation sites is 1. The van der Waals surface area contributed by atoms with Gasteiger partial charge in [-0.2, -0.15) is 0 Å². The summed E-state index contributed by atoms with van der Waals surface area (Å²) in [5, 5.41) is 4.34. The lowest BCUT2D eigenvalue weighted by Crippen LogP contribution is -2.35. The molecule has 5 heteroatoms. The summed E-state index contributed by atoms with van der Waals surface area (Å²) >= 11 is 5.75. The van der Waals surface area contributed by atoms with Crippen molar-refractivity contribution in [3.63, 3.8) is 0 Å². The molecule has 29 heavy (non-hydrogen) atoms. The molecular weight excluding hydrogens is 376 g/mol. The summed E-state index contributed by atoms with van der Waals surface area (Å²) in [5.74, 6) is 0. The second-order valence-corrected chi connectivity index (χ2v) is 8.46. The normalized spacial score (nSPS) is 19.1. The molecule has 0 radical (unpaired) electrons. The Balaban J connectivity index is 1.88. The number of aromatic nitrogens is 2. The highest BCUT2D eigenvalue weighted by Gasteiger charge is 2.42. The lowest BCUT2D eigenvalue weighted by atomic mass is 9.96. The Morgan fingerprint density at radius 1 is 1.03 bits per heavy atom. The lowest BCUT2D eigenvalue weighted by Gasteiger charge is -2.31. The Labute approximate surface area is 178 Å². The molecule has 1 N–H and O–H groups in total. The van der Waals surface area contributed by atoms with Gasteiger partial charge in [0.05, 0.1) is 17.8 Å². The fourth-order valence-corrected chi connectivity index (χ4v) is 4.98. The average Bonchev–Trinajstić information content (AvgIpc) is 3.19. The van der Waals surface area contributed by atoms with Crippen molar-refractivity contribution in [1.82, 2.24) is 19.8 Å². The Morgan fingerprint density at radius 3 is 2.41 bits per heavy atom. The second-order valence-electron chi connectivity index (χ2n) is 8.08. The summed E-state index contributed by atoms with van der Waals surface area (Å²) in [6.07, 6.45) is 1.85. The van der Waals surface area contributed by atoms with E-state index in [0.717, 1.165) is 10.8 Å².